The van der Waals surface area contributed by atoms with Crippen molar-refractivity contribution in [2.75, 3.05) is 151 Å². The summed E-state index contributed by atoms with van der Waals surface area (Å²) in [6.45, 7) is 10.1. The smallest absolute Gasteiger partial charge is 0.255 e. The lowest BCUT2D eigenvalue weighted by atomic mass is 10.1. The topological polar surface area (TPSA) is 268 Å². The van der Waals surface area contributed by atoms with Crippen LogP contribution in [0.5, 0.6) is 46.0 Å². The molecule has 15 rings (SSSR count). The molecule has 0 aliphatic carbocycles. The quantitative estimate of drug-likeness (QED) is 0.0744. The number of aromatic nitrogens is 12. The number of anilines is 6. The van der Waals surface area contributed by atoms with Gasteiger partial charge in [0.05, 0.1) is 71.6 Å². The zero-order valence-corrected chi connectivity index (χ0v) is 57.6. The first-order valence-electron chi connectivity index (χ1n) is 33.4. The van der Waals surface area contributed by atoms with Crippen molar-refractivity contribution in [1.29, 1.82) is 0 Å². The molecular weight excluding hydrogens is 1300 g/mol. The number of fused-ring (bicyclic) bond motifs is 3. The van der Waals surface area contributed by atoms with E-state index in [2.05, 4.69) is 89.2 Å². The van der Waals surface area contributed by atoms with Crippen LogP contribution in [0, 0.1) is 0 Å². The third kappa shape index (κ3) is 16.0. The highest BCUT2D eigenvalue weighted by atomic mass is 16.5. The number of nitrogens with one attached hydrogen (secondary N) is 1. The van der Waals surface area contributed by atoms with Gasteiger partial charge in [-0.05, 0) is 41.5 Å². The number of nitrogens with zero attached hydrogens (tertiary/aromatic N) is 17. The molecule has 102 heavy (non-hydrogen) atoms. The first-order valence-corrected chi connectivity index (χ1v) is 33.4. The number of methoxy groups -OCH3 is 6. The van der Waals surface area contributed by atoms with Gasteiger partial charge in [0.1, 0.15) is 55.4 Å². The molecule has 3 saturated heterocycles. The van der Waals surface area contributed by atoms with E-state index in [1.54, 1.807) is 80.2 Å². The third-order valence-corrected chi connectivity index (χ3v) is 17.8. The number of rotatable bonds is 20. The van der Waals surface area contributed by atoms with Gasteiger partial charge in [-0.25, -0.2) is 54.8 Å². The van der Waals surface area contributed by atoms with Gasteiger partial charge in [-0.2, -0.15) is 0 Å². The van der Waals surface area contributed by atoms with E-state index in [1.807, 2.05) is 140 Å². The number of ether oxygens (including phenoxy) is 8. The third-order valence-electron chi connectivity index (χ3n) is 17.8. The van der Waals surface area contributed by atoms with Crippen LogP contribution in [-0.2, 0) is 19.6 Å². The van der Waals surface area contributed by atoms with Gasteiger partial charge in [0, 0.05) is 149 Å². The maximum absolute atomic E-state index is 12.7. The van der Waals surface area contributed by atoms with E-state index in [-0.39, 0.29) is 5.56 Å². The first kappa shape index (κ1) is 68.1. The molecule has 0 unspecified atom stereocenters. The number of hydrogen-bond donors (Lipinski definition) is 1. The maximum atomic E-state index is 12.7. The molecular formula is C75H78N18O9. The summed E-state index contributed by atoms with van der Waals surface area (Å²) in [4.78, 5) is 78.4. The standard InChI is InChI=1S/3C25H26N6O3/c1-32-22-12-20-21(13-23(22)33-2)28-17-29-24(20)30-8-10-31(11-9-30)25-26-14-18(15-27-25)16-34-19-6-4-3-5-7-19;1-32-22-12-20-21(13-23(22)33-2)28-17-29-24(20)30-8-10-31(11-9-30)25-26-14-19(15-27-25)34-16-18-6-4-3-5-7-18;1-33-21-13-19-20(14-22(21)34-2)27-16-28-23(19)30-8-10-31(11-9-30)25-26-15-18(24(32)29-25)12-17-6-4-3-5-7-17/h2*3-7,12-15,17H,8-11,16H2,1-2H3;3-7,13-16H,8-12H2,1-2H3,(H,26,29,32). The summed E-state index contributed by atoms with van der Waals surface area (Å²) in [5.41, 5.74) is 6.12. The van der Waals surface area contributed by atoms with E-state index in [0.717, 1.165) is 144 Å². The van der Waals surface area contributed by atoms with Gasteiger partial charge in [0.15, 0.2) is 40.2 Å². The summed E-state index contributed by atoms with van der Waals surface area (Å²) in [5, 5.41) is 2.78. The molecule has 0 amide bonds. The molecule has 0 radical (unpaired) electrons. The number of piperazine rings is 3. The van der Waals surface area contributed by atoms with Crippen molar-refractivity contribution in [3.05, 3.63) is 210 Å². The molecule has 0 atom stereocenters. The van der Waals surface area contributed by atoms with Crippen molar-refractivity contribution < 1.29 is 37.9 Å². The van der Waals surface area contributed by atoms with Crippen LogP contribution in [0.1, 0.15) is 22.3 Å². The number of aromatic amines is 1. The van der Waals surface area contributed by atoms with Crippen LogP contribution in [0.4, 0.5) is 35.3 Å². The van der Waals surface area contributed by atoms with E-state index in [1.165, 1.54) is 0 Å². The van der Waals surface area contributed by atoms with Gasteiger partial charge in [-0.1, -0.05) is 78.9 Å². The first-order chi connectivity index (χ1) is 50.1. The van der Waals surface area contributed by atoms with Crippen molar-refractivity contribution in [3.8, 4) is 46.0 Å². The maximum Gasteiger partial charge on any atom is 0.255 e. The molecule has 0 saturated carbocycles. The molecule has 27 nitrogen and oxygen atoms in total. The molecule has 1 N–H and O–H groups in total. The Hall–Kier alpha value is -12.4. The van der Waals surface area contributed by atoms with E-state index >= 15 is 0 Å². The normalized spacial score (nSPS) is 13.7. The summed E-state index contributed by atoms with van der Waals surface area (Å²) in [5.74, 6) is 10.0. The van der Waals surface area contributed by atoms with Gasteiger partial charge in [0.2, 0.25) is 17.8 Å². The Morgan fingerprint density at radius 2 is 0.696 bits per heavy atom. The number of benzene rings is 6. The van der Waals surface area contributed by atoms with Gasteiger partial charge in [0.25, 0.3) is 5.56 Å². The summed E-state index contributed by atoms with van der Waals surface area (Å²) < 4.78 is 44.2. The number of para-hydroxylation sites is 1. The largest absolute Gasteiger partial charge is 0.493 e. The predicted octanol–water partition coefficient (Wildman–Crippen LogP) is 9.33. The highest BCUT2D eigenvalue weighted by Crippen LogP contribution is 2.38. The van der Waals surface area contributed by atoms with Crippen molar-refractivity contribution in [2.24, 2.45) is 0 Å². The number of H-pyrrole nitrogens is 1. The highest BCUT2D eigenvalue weighted by molar-refractivity contribution is 5.94. The minimum atomic E-state index is -0.0980. The lowest BCUT2D eigenvalue weighted by molar-refractivity contribution is 0.303. The van der Waals surface area contributed by atoms with Gasteiger partial charge >= 0.3 is 0 Å². The minimum absolute atomic E-state index is 0.0980. The van der Waals surface area contributed by atoms with Gasteiger partial charge in [-0.3, -0.25) is 9.78 Å². The number of hydrogen-bond acceptors (Lipinski definition) is 26. The summed E-state index contributed by atoms with van der Waals surface area (Å²) in [6, 6.07) is 41.1. The van der Waals surface area contributed by atoms with E-state index < -0.39 is 0 Å². The second-order valence-electron chi connectivity index (χ2n) is 23.9. The Labute approximate surface area is 589 Å². The molecule has 6 aromatic carbocycles. The fourth-order valence-electron chi connectivity index (χ4n) is 12.3. The summed E-state index contributed by atoms with van der Waals surface area (Å²) in [7, 11) is 9.72. The van der Waals surface area contributed by atoms with Gasteiger partial charge in [-0.15, -0.1) is 0 Å². The molecule has 522 valence electrons. The molecule has 0 bridgehead atoms. The molecule has 6 aromatic heterocycles. The van der Waals surface area contributed by atoms with Crippen molar-refractivity contribution >= 4 is 68.0 Å². The van der Waals surface area contributed by atoms with Crippen LogP contribution in [0.15, 0.2) is 182 Å². The van der Waals surface area contributed by atoms with Crippen LogP contribution in [-0.4, -0.2) is 181 Å². The molecule has 3 fully saturated rings. The summed E-state index contributed by atoms with van der Waals surface area (Å²) in [6.07, 6.45) is 14.1. The van der Waals surface area contributed by atoms with Crippen molar-refractivity contribution in [1.82, 2.24) is 59.8 Å². The van der Waals surface area contributed by atoms with Crippen LogP contribution < -0.4 is 72.9 Å². The van der Waals surface area contributed by atoms with Crippen LogP contribution in [0.25, 0.3) is 32.7 Å². The Morgan fingerprint density at radius 1 is 0.343 bits per heavy atom. The van der Waals surface area contributed by atoms with E-state index in [9.17, 15) is 4.79 Å². The lowest BCUT2D eigenvalue weighted by Gasteiger charge is -2.36. The van der Waals surface area contributed by atoms with E-state index in [4.69, 9.17) is 37.9 Å². The molecule has 3 aliphatic rings. The fraction of sp³-hybridized carbons (Fsp3) is 0.280. The van der Waals surface area contributed by atoms with E-state index in [0.29, 0.717) is 90.4 Å². The Bertz CT molecular complexity index is 4600. The SMILES string of the molecule is COc1cc2ncnc(N3CCN(c4ncc(COc5ccccc5)cn4)CC3)c2cc1OC.COc1cc2ncnc(N3CCN(c4ncc(Cc5ccccc5)c(=O)[nH]4)CC3)c2cc1OC.COc1cc2ncnc(N3CCN(c4ncc(OCc5ccccc5)cn4)CC3)c2cc1OC. The van der Waals surface area contributed by atoms with Crippen molar-refractivity contribution in [2.45, 2.75) is 19.6 Å². The second kappa shape index (κ2) is 32.5. The monoisotopic (exact) mass is 1370 g/mol. The van der Waals surface area contributed by atoms with Gasteiger partial charge < -0.3 is 67.3 Å². The minimum Gasteiger partial charge on any atom is -0.493 e. The zero-order chi connectivity index (χ0) is 70.2. The van der Waals surface area contributed by atoms with Crippen LogP contribution in [0.3, 0.4) is 0 Å². The van der Waals surface area contributed by atoms with Crippen molar-refractivity contribution in [3.63, 3.8) is 0 Å². The molecule has 12 aromatic rings. The summed E-state index contributed by atoms with van der Waals surface area (Å²) >= 11 is 0. The average molecular weight is 1380 g/mol. The Morgan fingerprint density at radius 3 is 1.11 bits per heavy atom. The Kier molecular flexibility index (Phi) is 21.7. The van der Waals surface area contributed by atoms with Crippen LogP contribution >= 0.6 is 0 Å². The molecule has 9 heterocycles. The zero-order valence-electron chi connectivity index (χ0n) is 57.6. The molecule has 0 spiro atoms. The Balaban J connectivity index is 0.000000137. The lowest BCUT2D eigenvalue weighted by Crippen LogP contribution is -2.47. The predicted molar refractivity (Wildman–Crippen MR) is 391 cm³/mol. The fourth-order valence-corrected chi connectivity index (χ4v) is 12.3. The molecule has 3 aliphatic heterocycles. The second-order valence-corrected chi connectivity index (χ2v) is 23.9. The highest BCUT2D eigenvalue weighted by Gasteiger charge is 2.27. The van der Waals surface area contributed by atoms with Crippen LogP contribution in [0.2, 0.25) is 0 Å². The molecule has 27 heteroatoms. The average Bonchev–Trinajstić information content (AvgIpc) is 0.795.